The fourth-order valence-electron chi connectivity index (χ4n) is 2.46. The second-order valence-electron chi connectivity index (χ2n) is 5.19. The summed E-state index contributed by atoms with van der Waals surface area (Å²) in [5.74, 6) is 0. The van der Waals surface area contributed by atoms with E-state index in [-0.39, 0.29) is 0 Å². The lowest BCUT2D eigenvalue weighted by atomic mass is 10.0. The van der Waals surface area contributed by atoms with Crippen molar-refractivity contribution in [2.45, 2.75) is 33.7 Å². The first-order valence-electron chi connectivity index (χ1n) is 6.57. The van der Waals surface area contributed by atoms with Crippen molar-refractivity contribution in [3.05, 3.63) is 63.1 Å². The number of benzene rings is 2. The first-order chi connectivity index (χ1) is 8.97. The van der Waals surface area contributed by atoms with Crippen molar-refractivity contribution in [2.24, 2.45) is 0 Å². The van der Waals surface area contributed by atoms with Crippen LogP contribution in [0.2, 0.25) is 0 Å². The van der Waals surface area contributed by atoms with Gasteiger partial charge >= 0.3 is 0 Å². The van der Waals surface area contributed by atoms with E-state index in [0.29, 0.717) is 6.04 Å². The Morgan fingerprint density at radius 1 is 0.947 bits per heavy atom. The van der Waals surface area contributed by atoms with Crippen molar-refractivity contribution < 1.29 is 0 Å². The fraction of sp³-hybridized carbons (Fsp3) is 0.294. The Kier molecular flexibility index (Phi) is 4.31. The van der Waals surface area contributed by atoms with Crippen LogP contribution >= 0.6 is 15.9 Å². The van der Waals surface area contributed by atoms with E-state index in [0.717, 1.165) is 4.47 Å². The quantitative estimate of drug-likeness (QED) is 0.782. The third kappa shape index (κ3) is 3.38. The Morgan fingerprint density at radius 2 is 1.47 bits per heavy atom. The van der Waals surface area contributed by atoms with Crippen LogP contribution in [0.25, 0.3) is 0 Å². The molecule has 0 radical (unpaired) electrons. The minimum absolute atomic E-state index is 0.299. The molecule has 0 aromatic heterocycles. The number of rotatable bonds is 3. The van der Waals surface area contributed by atoms with Gasteiger partial charge in [-0.1, -0.05) is 45.8 Å². The number of aryl methyl sites for hydroxylation is 3. The van der Waals surface area contributed by atoms with Gasteiger partial charge in [0.1, 0.15) is 0 Å². The van der Waals surface area contributed by atoms with Crippen molar-refractivity contribution in [3.8, 4) is 0 Å². The van der Waals surface area contributed by atoms with E-state index >= 15 is 0 Å². The molecule has 0 heterocycles. The van der Waals surface area contributed by atoms with Gasteiger partial charge in [0, 0.05) is 16.2 Å². The molecule has 2 rings (SSSR count). The smallest absolute Gasteiger partial charge is 0.0485 e. The van der Waals surface area contributed by atoms with Crippen LogP contribution in [0.1, 0.15) is 35.2 Å². The van der Waals surface area contributed by atoms with Crippen LogP contribution in [0, 0.1) is 20.8 Å². The molecule has 1 N–H and O–H groups in total. The Bertz CT molecular complexity index is 549. The van der Waals surface area contributed by atoms with Gasteiger partial charge in [-0.25, -0.2) is 0 Å². The molecule has 0 amide bonds. The maximum atomic E-state index is 3.63. The van der Waals surface area contributed by atoms with Gasteiger partial charge in [0.2, 0.25) is 0 Å². The van der Waals surface area contributed by atoms with Crippen molar-refractivity contribution in [1.29, 1.82) is 0 Å². The van der Waals surface area contributed by atoms with Gasteiger partial charge in [0.15, 0.2) is 0 Å². The second-order valence-corrected chi connectivity index (χ2v) is 6.11. The minimum Gasteiger partial charge on any atom is -0.378 e. The van der Waals surface area contributed by atoms with Gasteiger partial charge in [0.05, 0.1) is 0 Å². The summed E-state index contributed by atoms with van der Waals surface area (Å²) >= 11 is 3.47. The maximum absolute atomic E-state index is 3.63. The summed E-state index contributed by atoms with van der Waals surface area (Å²) in [7, 11) is 0. The summed E-state index contributed by atoms with van der Waals surface area (Å²) in [6.07, 6.45) is 0. The summed E-state index contributed by atoms with van der Waals surface area (Å²) in [6.45, 7) is 8.66. The van der Waals surface area contributed by atoms with E-state index in [2.05, 4.69) is 85.3 Å². The molecule has 0 aliphatic rings. The molecule has 2 aromatic carbocycles. The Balaban J connectivity index is 2.24. The average molecular weight is 318 g/mol. The summed E-state index contributed by atoms with van der Waals surface area (Å²) in [6, 6.07) is 13.2. The van der Waals surface area contributed by atoms with Crippen LogP contribution in [0.4, 0.5) is 5.69 Å². The lowest BCUT2D eigenvalue weighted by molar-refractivity contribution is 0.879. The zero-order chi connectivity index (χ0) is 14.0. The maximum Gasteiger partial charge on any atom is 0.0485 e. The van der Waals surface area contributed by atoms with E-state index in [1.807, 2.05) is 0 Å². The minimum atomic E-state index is 0.299. The van der Waals surface area contributed by atoms with Crippen LogP contribution in [0.5, 0.6) is 0 Å². The largest absolute Gasteiger partial charge is 0.378 e. The average Bonchev–Trinajstić information content (AvgIpc) is 2.34. The number of hydrogen-bond donors (Lipinski definition) is 1. The standard InChI is InChI=1S/C17H20BrN/c1-11-9-12(2)17(13(3)10-11)19-14(4)15-5-7-16(18)8-6-15/h5-10,14,19H,1-4H3. The molecular formula is C17H20BrN. The number of halogens is 1. The number of hydrogen-bond acceptors (Lipinski definition) is 1. The van der Waals surface area contributed by atoms with Crippen LogP contribution in [-0.2, 0) is 0 Å². The first-order valence-corrected chi connectivity index (χ1v) is 7.36. The highest BCUT2D eigenvalue weighted by atomic mass is 79.9. The molecule has 19 heavy (non-hydrogen) atoms. The Labute approximate surface area is 124 Å². The third-order valence-electron chi connectivity index (χ3n) is 3.41. The molecule has 0 fully saturated rings. The molecule has 2 aromatic rings. The molecule has 0 aliphatic heterocycles. The van der Waals surface area contributed by atoms with Crippen molar-refractivity contribution >= 4 is 21.6 Å². The molecule has 0 saturated heterocycles. The number of nitrogens with one attached hydrogen (secondary N) is 1. The predicted molar refractivity (Wildman–Crippen MR) is 86.8 cm³/mol. The van der Waals surface area contributed by atoms with E-state index in [4.69, 9.17) is 0 Å². The molecule has 0 aliphatic carbocycles. The van der Waals surface area contributed by atoms with E-state index < -0.39 is 0 Å². The molecule has 0 spiro atoms. The van der Waals surface area contributed by atoms with E-state index in [9.17, 15) is 0 Å². The van der Waals surface area contributed by atoms with Crippen molar-refractivity contribution in [3.63, 3.8) is 0 Å². The van der Waals surface area contributed by atoms with E-state index in [1.165, 1.54) is 27.9 Å². The molecule has 1 atom stereocenters. The highest BCUT2D eigenvalue weighted by molar-refractivity contribution is 9.10. The molecule has 1 nitrogen and oxygen atoms in total. The Hall–Kier alpha value is -1.28. The van der Waals surface area contributed by atoms with Crippen LogP contribution < -0.4 is 5.32 Å². The Morgan fingerprint density at radius 3 is 2.00 bits per heavy atom. The summed E-state index contributed by atoms with van der Waals surface area (Å²) < 4.78 is 1.12. The van der Waals surface area contributed by atoms with E-state index in [1.54, 1.807) is 0 Å². The molecule has 1 unspecified atom stereocenters. The summed E-state index contributed by atoms with van der Waals surface area (Å²) in [4.78, 5) is 0. The molecule has 0 saturated carbocycles. The van der Waals surface area contributed by atoms with Crippen LogP contribution in [-0.4, -0.2) is 0 Å². The third-order valence-corrected chi connectivity index (χ3v) is 3.94. The number of anilines is 1. The lowest BCUT2D eigenvalue weighted by Crippen LogP contribution is -2.09. The van der Waals surface area contributed by atoms with Gasteiger partial charge in [-0.3, -0.25) is 0 Å². The summed E-state index contributed by atoms with van der Waals surface area (Å²) in [5, 5.41) is 3.63. The monoisotopic (exact) mass is 317 g/mol. The highest BCUT2D eigenvalue weighted by Gasteiger charge is 2.09. The molecule has 0 bridgehead atoms. The van der Waals surface area contributed by atoms with Gasteiger partial charge in [-0.05, 0) is 56.5 Å². The van der Waals surface area contributed by atoms with Crippen LogP contribution in [0.3, 0.4) is 0 Å². The lowest BCUT2D eigenvalue weighted by Gasteiger charge is -2.20. The summed E-state index contributed by atoms with van der Waals surface area (Å²) in [5.41, 5.74) is 6.48. The zero-order valence-electron chi connectivity index (χ0n) is 11.9. The normalized spacial score (nSPS) is 12.3. The van der Waals surface area contributed by atoms with Crippen molar-refractivity contribution in [1.82, 2.24) is 0 Å². The van der Waals surface area contributed by atoms with Gasteiger partial charge < -0.3 is 5.32 Å². The van der Waals surface area contributed by atoms with Crippen molar-refractivity contribution in [2.75, 3.05) is 5.32 Å². The van der Waals surface area contributed by atoms with Gasteiger partial charge in [-0.15, -0.1) is 0 Å². The molecule has 2 heteroatoms. The topological polar surface area (TPSA) is 12.0 Å². The molecule has 100 valence electrons. The fourth-order valence-corrected chi connectivity index (χ4v) is 2.72. The first kappa shape index (κ1) is 14.1. The molecular weight excluding hydrogens is 298 g/mol. The predicted octanol–water partition coefficient (Wildman–Crippen LogP) is 5.55. The van der Waals surface area contributed by atoms with Gasteiger partial charge in [-0.2, -0.15) is 0 Å². The van der Waals surface area contributed by atoms with Crippen LogP contribution in [0.15, 0.2) is 40.9 Å². The SMILES string of the molecule is Cc1cc(C)c(NC(C)c2ccc(Br)cc2)c(C)c1. The second kappa shape index (κ2) is 5.79. The zero-order valence-corrected chi connectivity index (χ0v) is 13.5. The van der Waals surface area contributed by atoms with Gasteiger partial charge in [0.25, 0.3) is 0 Å². The highest BCUT2D eigenvalue weighted by Crippen LogP contribution is 2.27.